The molecule has 0 aliphatic heterocycles. The summed E-state index contributed by atoms with van der Waals surface area (Å²) in [6, 6.07) is 4.29. The second-order valence-electron chi connectivity index (χ2n) is 6.85. The van der Waals surface area contributed by atoms with Crippen molar-refractivity contribution in [2.75, 3.05) is 0 Å². The lowest BCUT2D eigenvalue weighted by molar-refractivity contribution is 0.467. The first-order chi connectivity index (χ1) is 9.28. The Morgan fingerprint density at radius 3 is 2.25 bits per heavy atom. The van der Waals surface area contributed by atoms with Crippen LogP contribution in [0.4, 0.5) is 0 Å². The molecule has 0 fully saturated rings. The summed E-state index contributed by atoms with van der Waals surface area (Å²) < 4.78 is 2.32. The van der Waals surface area contributed by atoms with Gasteiger partial charge in [-0.05, 0) is 31.7 Å². The molecule has 0 unspecified atom stereocenters. The topological polar surface area (TPSA) is 30.7 Å². The van der Waals surface area contributed by atoms with Crippen LogP contribution < -0.4 is 0 Å². The minimum absolute atomic E-state index is 0.0198. The molecule has 2 heterocycles. The second-order valence-corrected chi connectivity index (χ2v) is 7.80. The maximum atomic E-state index is 4.55. The molecule has 0 aliphatic rings. The zero-order chi connectivity index (χ0) is 15.0. The first-order valence-electron chi connectivity index (χ1n) is 7.26. The van der Waals surface area contributed by atoms with Crippen molar-refractivity contribution >= 4 is 11.3 Å². The van der Waals surface area contributed by atoms with Gasteiger partial charge in [-0.2, -0.15) is 0 Å². The Bertz CT molecular complexity index is 559. The van der Waals surface area contributed by atoms with Crippen LogP contribution in [0.1, 0.15) is 64.5 Å². The van der Waals surface area contributed by atoms with Gasteiger partial charge in [0.1, 0.15) is 11.6 Å². The Balaban J connectivity index is 2.55. The van der Waals surface area contributed by atoms with Crippen LogP contribution >= 0.6 is 11.3 Å². The average molecular weight is 291 g/mol. The SMILES string of the molecule is CCCn1c(C(C)(C)C)nnc1C(C)(C)c1cccs1. The van der Waals surface area contributed by atoms with Gasteiger partial charge in [0.05, 0.1) is 5.41 Å². The molecule has 0 N–H and O–H groups in total. The molecule has 0 aliphatic carbocycles. The summed E-state index contributed by atoms with van der Waals surface area (Å²) in [5.74, 6) is 2.16. The standard InChI is InChI=1S/C16H25N3S/c1-7-10-19-13(15(2,3)4)17-18-14(19)16(5,6)12-9-8-11-20-12/h8-9,11H,7,10H2,1-6H3. The summed E-state index contributed by atoms with van der Waals surface area (Å²) in [7, 11) is 0. The van der Waals surface area contributed by atoms with Crippen molar-refractivity contribution in [3.8, 4) is 0 Å². The highest BCUT2D eigenvalue weighted by Gasteiger charge is 2.33. The molecule has 4 heteroatoms. The van der Waals surface area contributed by atoms with E-state index in [0.717, 1.165) is 24.6 Å². The Morgan fingerprint density at radius 2 is 1.75 bits per heavy atom. The molecule has 2 aromatic rings. The van der Waals surface area contributed by atoms with Crippen LogP contribution in [-0.2, 0) is 17.4 Å². The van der Waals surface area contributed by atoms with Crippen LogP contribution in [0, 0.1) is 0 Å². The van der Waals surface area contributed by atoms with Gasteiger partial charge in [-0.15, -0.1) is 21.5 Å². The van der Waals surface area contributed by atoms with E-state index in [0.29, 0.717) is 0 Å². The van der Waals surface area contributed by atoms with Gasteiger partial charge in [-0.1, -0.05) is 33.8 Å². The first-order valence-corrected chi connectivity index (χ1v) is 8.14. The summed E-state index contributed by atoms with van der Waals surface area (Å²) in [4.78, 5) is 1.34. The summed E-state index contributed by atoms with van der Waals surface area (Å²) in [5, 5.41) is 11.2. The zero-order valence-electron chi connectivity index (χ0n) is 13.4. The first kappa shape index (κ1) is 15.2. The maximum absolute atomic E-state index is 4.55. The average Bonchev–Trinajstić information content (AvgIpc) is 2.97. The number of nitrogens with zero attached hydrogens (tertiary/aromatic N) is 3. The van der Waals surface area contributed by atoms with Crippen LogP contribution in [0.2, 0.25) is 0 Å². The number of aromatic nitrogens is 3. The van der Waals surface area contributed by atoms with E-state index < -0.39 is 0 Å². The fraction of sp³-hybridized carbons (Fsp3) is 0.625. The molecular weight excluding hydrogens is 266 g/mol. The lowest BCUT2D eigenvalue weighted by Crippen LogP contribution is -2.26. The van der Waals surface area contributed by atoms with Gasteiger partial charge in [0.15, 0.2) is 0 Å². The Kier molecular flexibility index (Phi) is 4.05. The normalized spacial score (nSPS) is 12.9. The van der Waals surface area contributed by atoms with Crippen LogP contribution in [-0.4, -0.2) is 14.8 Å². The van der Waals surface area contributed by atoms with E-state index in [-0.39, 0.29) is 10.8 Å². The molecule has 0 amide bonds. The fourth-order valence-corrected chi connectivity index (χ4v) is 3.35. The molecule has 110 valence electrons. The third-order valence-corrected chi connectivity index (χ3v) is 4.76. The van der Waals surface area contributed by atoms with Crippen LogP contribution in [0.3, 0.4) is 0 Å². The van der Waals surface area contributed by atoms with E-state index in [1.54, 1.807) is 11.3 Å². The smallest absolute Gasteiger partial charge is 0.143 e. The molecule has 0 saturated heterocycles. The van der Waals surface area contributed by atoms with E-state index in [2.05, 4.69) is 73.8 Å². The van der Waals surface area contributed by atoms with Gasteiger partial charge in [0.2, 0.25) is 0 Å². The molecule has 0 saturated carbocycles. The second kappa shape index (κ2) is 5.32. The minimum atomic E-state index is -0.0974. The van der Waals surface area contributed by atoms with Gasteiger partial charge in [-0.3, -0.25) is 0 Å². The Labute approximate surface area is 126 Å². The summed E-state index contributed by atoms with van der Waals surface area (Å²) >= 11 is 1.79. The lowest BCUT2D eigenvalue weighted by atomic mass is 9.89. The molecule has 2 rings (SSSR count). The molecular formula is C16H25N3S. The molecule has 0 radical (unpaired) electrons. The van der Waals surface area contributed by atoms with Crippen molar-refractivity contribution in [2.24, 2.45) is 0 Å². The van der Waals surface area contributed by atoms with Gasteiger partial charge < -0.3 is 4.57 Å². The predicted molar refractivity (Wildman–Crippen MR) is 85.5 cm³/mol. The third kappa shape index (κ3) is 2.66. The highest BCUT2D eigenvalue weighted by Crippen LogP contribution is 2.35. The van der Waals surface area contributed by atoms with Crippen molar-refractivity contribution in [1.29, 1.82) is 0 Å². The van der Waals surface area contributed by atoms with Crippen LogP contribution in [0.25, 0.3) is 0 Å². The van der Waals surface area contributed by atoms with E-state index in [4.69, 9.17) is 0 Å². The highest BCUT2D eigenvalue weighted by atomic mass is 32.1. The number of hydrogen-bond donors (Lipinski definition) is 0. The van der Waals surface area contributed by atoms with E-state index in [1.807, 2.05) is 0 Å². The van der Waals surface area contributed by atoms with Gasteiger partial charge in [-0.25, -0.2) is 0 Å². The molecule has 0 atom stereocenters. The molecule has 20 heavy (non-hydrogen) atoms. The van der Waals surface area contributed by atoms with E-state index in [1.165, 1.54) is 4.88 Å². The molecule has 0 spiro atoms. The van der Waals surface area contributed by atoms with Crippen LogP contribution in [0.5, 0.6) is 0 Å². The van der Waals surface area contributed by atoms with Crippen molar-refractivity contribution in [2.45, 2.75) is 65.3 Å². The summed E-state index contributed by atoms with van der Waals surface area (Å²) in [5.41, 5.74) is -0.0776. The molecule has 0 bridgehead atoms. The van der Waals surface area contributed by atoms with Gasteiger partial charge in [0, 0.05) is 16.8 Å². The van der Waals surface area contributed by atoms with E-state index >= 15 is 0 Å². The van der Waals surface area contributed by atoms with Gasteiger partial charge in [0.25, 0.3) is 0 Å². The maximum Gasteiger partial charge on any atom is 0.143 e. The monoisotopic (exact) mass is 291 g/mol. The van der Waals surface area contributed by atoms with Gasteiger partial charge >= 0.3 is 0 Å². The molecule has 0 aromatic carbocycles. The lowest BCUT2D eigenvalue weighted by Gasteiger charge is -2.26. The number of hydrogen-bond acceptors (Lipinski definition) is 3. The Hall–Kier alpha value is -1.16. The zero-order valence-corrected chi connectivity index (χ0v) is 14.2. The predicted octanol–water partition coefficient (Wildman–Crippen LogP) is 4.37. The van der Waals surface area contributed by atoms with Crippen LogP contribution in [0.15, 0.2) is 17.5 Å². The fourth-order valence-electron chi connectivity index (χ4n) is 2.50. The van der Waals surface area contributed by atoms with Crippen molar-refractivity contribution in [3.05, 3.63) is 34.0 Å². The number of rotatable bonds is 4. The number of thiophene rings is 1. The van der Waals surface area contributed by atoms with Crippen molar-refractivity contribution < 1.29 is 0 Å². The third-order valence-electron chi connectivity index (χ3n) is 3.57. The quantitative estimate of drug-likeness (QED) is 0.837. The summed E-state index contributed by atoms with van der Waals surface area (Å²) in [6.07, 6.45) is 1.09. The van der Waals surface area contributed by atoms with Crippen molar-refractivity contribution in [1.82, 2.24) is 14.8 Å². The molecule has 2 aromatic heterocycles. The molecule has 3 nitrogen and oxygen atoms in total. The Morgan fingerprint density at radius 1 is 1.10 bits per heavy atom. The van der Waals surface area contributed by atoms with Crippen molar-refractivity contribution in [3.63, 3.8) is 0 Å². The largest absolute Gasteiger partial charge is 0.314 e. The summed E-state index contributed by atoms with van der Waals surface area (Å²) in [6.45, 7) is 14.3. The van der Waals surface area contributed by atoms with E-state index in [9.17, 15) is 0 Å². The highest BCUT2D eigenvalue weighted by molar-refractivity contribution is 7.10. The minimum Gasteiger partial charge on any atom is -0.314 e.